The van der Waals surface area contributed by atoms with E-state index in [0.29, 0.717) is 24.1 Å². The Hall–Kier alpha value is -1.85. The molecule has 0 spiro atoms. The highest BCUT2D eigenvalue weighted by Gasteiger charge is 2.22. The summed E-state index contributed by atoms with van der Waals surface area (Å²) in [6.45, 7) is 4.29. The summed E-state index contributed by atoms with van der Waals surface area (Å²) in [4.78, 5) is 12.2. The van der Waals surface area contributed by atoms with Gasteiger partial charge in [0.05, 0.1) is 5.69 Å². The topological polar surface area (TPSA) is 59.0 Å². The van der Waals surface area contributed by atoms with E-state index in [0.717, 1.165) is 18.8 Å². The number of para-hydroxylation sites is 1. The molecule has 2 atom stereocenters. The molecule has 0 aliphatic carbocycles. The van der Waals surface area contributed by atoms with Crippen LogP contribution in [0, 0.1) is 11.8 Å². The van der Waals surface area contributed by atoms with Gasteiger partial charge in [0.1, 0.15) is 0 Å². The molecule has 1 aromatic carbocycles. The number of aromatic nitrogens is 2. The van der Waals surface area contributed by atoms with Crippen molar-refractivity contribution in [3.8, 4) is 5.69 Å². The average molecular weight is 349 g/mol. The van der Waals surface area contributed by atoms with Crippen molar-refractivity contribution < 1.29 is 4.79 Å². The van der Waals surface area contributed by atoms with Gasteiger partial charge in [0.15, 0.2) is 5.82 Å². The van der Waals surface area contributed by atoms with Crippen molar-refractivity contribution in [2.75, 3.05) is 18.4 Å². The lowest BCUT2D eigenvalue weighted by Crippen LogP contribution is -2.34. The summed E-state index contributed by atoms with van der Waals surface area (Å²) in [5, 5.41) is 10.7. The minimum atomic E-state index is 0. The van der Waals surface area contributed by atoms with Crippen LogP contribution in [0.1, 0.15) is 26.2 Å². The summed E-state index contributed by atoms with van der Waals surface area (Å²) in [5.74, 6) is 1.63. The highest BCUT2D eigenvalue weighted by Crippen LogP contribution is 2.23. The van der Waals surface area contributed by atoms with Gasteiger partial charge < -0.3 is 10.6 Å². The van der Waals surface area contributed by atoms with Crippen molar-refractivity contribution in [2.45, 2.75) is 26.2 Å². The lowest BCUT2D eigenvalue weighted by atomic mass is 9.85. The number of benzene rings is 1. The highest BCUT2D eigenvalue weighted by molar-refractivity contribution is 5.89. The summed E-state index contributed by atoms with van der Waals surface area (Å²) in [5.41, 5.74) is 0.981. The van der Waals surface area contributed by atoms with Crippen LogP contribution in [-0.4, -0.2) is 28.8 Å². The van der Waals surface area contributed by atoms with Crippen LogP contribution in [0.25, 0.3) is 5.69 Å². The summed E-state index contributed by atoms with van der Waals surface area (Å²) in [6.07, 6.45) is 4.83. The van der Waals surface area contributed by atoms with Gasteiger partial charge in [0, 0.05) is 18.7 Å². The monoisotopic (exact) mass is 348 g/mol. The summed E-state index contributed by atoms with van der Waals surface area (Å²) >= 11 is 0. The van der Waals surface area contributed by atoms with Crippen LogP contribution < -0.4 is 10.6 Å². The van der Waals surface area contributed by atoms with Crippen LogP contribution in [0.15, 0.2) is 42.6 Å². The molecule has 1 fully saturated rings. The maximum Gasteiger partial charge on any atom is 0.225 e. The molecule has 0 radical (unpaired) electrons. The molecule has 1 amide bonds. The number of nitrogens with zero attached hydrogens (tertiary/aromatic N) is 2. The molecule has 6 heteroatoms. The quantitative estimate of drug-likeness (QED) is 0.872. The fraction of sp³-hybridized carbons (Fsp3) is 0.444. The molecule has 2 aromatic rings. The van der Waals surface area contributed by atoms with Crippen LogP contribution in [0.5, 0.6) is 0 Å². The first kappa shape index (κ1) is 18.5. The SMILES string of the molecule is CC(CC(=O)Nc1ccn(-c2ccccc2)n1)C1CCCNC1.Cl. The van der Waals surface area contributed by atoms with Crippen molar-refractivity contribution in [1.29, 1.82) is 0 Å². The Kier molecular flexibility index (Phi) is 6.82. The third-order valence-corrected chi connectivity index (χ3v) is 4.52. The number of anilines is 1. The molecule has 24 heavy (non-hydrogen) atoms. The normalized spacial score (nSPS) is 18.5. The predicted molar refractivity (Wildman–Crippen MR) is 98.8 cm³/mol. The van der Waals surface area contributed by atoms with Crippen LogP contribution in [0.3, 0.4) is 0 Å². The predicted octanol–water partition coefficient (Wildman–Crippen LogP) is 3.26. The van der Waals surface area contributed by atoms with Crippen molar-refractivity contribution in [1.82, 2.24) is 15.1 Å². The Morgan fingerprint density at radius 2 is 2.17 bits per heavy atom. The van der Waals surface area contributed by atoms with E-state index in [9.17, 15) is 4.79 Å². The number of amides is 1. The van der Waals surface area contributed by atoms with E-state index >= 15 is 0 Å². The Morgan fingerprint density at radius 1 is 1.38 bits per heavy atom. The molecular formula is C18H25ClN4O. The molecule has 2 heterocycles. The fourth-order valence-corrected chi connectivity index (χ4v) is 3.13. The second kappa shape index (κ2) is 8.85. The van der Waals surface area contributed by atoms with E-state index in [2.05, 4.69) is 22.7 Å². The Morgan fingerprint density at radius 3 is 2.88 bits per heavy atom. The molecule has 130 valence electrons. The first-order valence-electron chi connectivity index (χ1n) is 8.34. The molecule has 1 saturated heterocycles. The van der Waals surface area contributed by atoms with E-state index < -0.39 is 0 Å². The number of hydrogen-bond donors (Lipinski definition) is 2. The fourth-order valence-electron chi connectivity index (χ4n) is 3.13. The molecule has 0 saturated carbocycles. The van der Waals surface area contributed by atoms with Crippen LogP contribution in [0.4, 0.5) is 5.82 Å². The van der Waals surface area contributed by atoms with E-state index in [-0.39, 0.29) is 18.3 Å². The number of carbonyl (C=O) groups excluding carboxylic acids is 1. The Labute approximate surface area is 149 Å². The maximum atomic E-state index is 12.2. The minimum absolute atomic E-state index is 0. The van der Waals surface area contributed by atoms with Gasteiger partial charge in [-0.05, 0) is 49.9 Å². The van der Waals surface area contributed by atoms with Crippen molar-refractivity contribution >= 4 is 24.1 Å². The lowest BCUT2D eigenvalue weighted by Gasteiger charge is -2.27. The summed E-state index contributed by atoms with van der Waals surface area (Å²) in [7, 11) is 0. The maximum absolute atomic E-state index is 12.2. The molecule has 0 bridgehead atoms. The number of nitrogens with one attached hydrogen (secondary N) is 2. The van der Waals surface area contributed by atoms with Gasteiger partial charge >= 0.3 is 0 Å². The molecule has 2 unspecified atom stereocenters. The largest absolute Gasteiger partial charge is 0.316 e. The highest BCUT2D eigenvalue weighted by atomic mass is 35.5. The molecule has 1 aliphatic rings. The molecular weight excluding hydrogens is 324 g/mol. The second-order valence-corrected chi connectivity index (χ2v) is 6.32. The first-order chi connectivity index (χ1) is 11.2. The zero-order valence-electron chi connectivity index (χ0n) is 13.9. The number of piperidine rings is 1. The first-order valence-corrected chi connectivity index (χ1v) is 8.34. The molecule has 2 N–H and O–H groups in total. The molecule has 1 aromatic heterocycles. The van der Waals surface area contributed by atoms with Gasteiger partial charge in [-0.25, -0.2) is 4.68 Å². The Bertz CT molecular complexity index is 637. The van der Waals surface area contributed by atoms with Gasteiger partial charge in [-0.2, -0.15) is 5.10 Å². The van der Waals surface area contributed by atoms with Crippen molar-refractivity contribution in [2.24, 2.45) is 11.8 Å². The van der Waals surface area contributed by atoms with E-state index in [1.54, 1.807) is 4.68 Å². The minimum Gasteiger partial charge on any atom is -0.316 e. The number of rotatable bonds is 5. The summed E-state index contributed by atoms with van der Waals surface area (Å²) in [6, 6.07) is 11.7. The number of halogens is 1. The summed E-state index contributed by atoms with van der Waals surface area (Å²) < 4.78 is 1.77. The number of hydrogen-bond acceptors (Lipinski definition) is 3. The van der Waals surface area contributed by atoms with Crippen LogP contribution >= 0.6 is 12.4 Å². The van der Waals surface area contributed by atoms with Gasteiger partial charge in [0.25, 0.3) is 0 Å². The van der Waals surface area contributed by atoms with Crippen molar-refractivity contribution in [3.63, 3.8) is 0 Å². The second-order valence-electron chi connectivity index (χ2n) is 6.32. The van der Waals surface area contributed by atoms with Crippen LogP contribution in [-0.2, 0) is 4.79 Å². The van der Waals surface area contributed by atoms with Crippen molar-refractivity contribution in [3.05, 3.63) is 42.6 Å². The zero-order chi connectivity index (χ0) is 16.1. The number of carbonyl (C=O) groups is 1. The van der Waals surface area contributed by atoms with Gasteiger partial charge in [-0.3, -0.25) is 4.79 Å². The zero-order valence-corrected chi connectivity index (χ0v) is 14.8. The van der Waals surface area contributed by atoms with Gasteiger partial charge in [-0.15, -0.1) is 12.4 Å². The third-order valence-electron chi connectivity index (χ3n) is 4.52. The Balaban J connectivity index is 0.00000208. The average Bonchev–Trinajstić information content (AvgIpc) is 3.04. The van der Waals surface area contributed by atoms with E-state index in [1.807, 2.05) is 42.6 Å². The molecule has 5 nitrogen and oxygen atoms in total. The molecule has 1 aliphatic heterocycles. The van der Waals surface area contributed by atoms with Crippen LogP contribution in [0.2, 0.25) is 0 Å². The van der Waals surface area contributed by atoms with E-state index in [4.69, 9.17) is 0 Å². The standard InChI is InChI=1S/C18H24N4O.ClH/c1-14(15-6-5-10-19-13-15)12-18(23)20-17-9-11-22(21-17)16-7-3-2-4-8-16;/h2-4,7-9,11,14-15,19H,5-6,10,12-13H2,1H3,(H,20,21,23);1H. The third kappa shape index (κ3) is 4.82. The lowest BCUT2D eigenvalue weighted by molar-refractivity contribution is -0.117. The van der Waals surface area contributed by atoms with Gasteiger partial charge in [0.2, 0.25) is 5.91 Å². The van der Waals surface area contributed by atoms with Gasteiger partial charge in [-0.1, -0.05) is 25.1 Å². The molecule has 3 rings (SSSR count). The smallest absolute Gasteiger partial charge is 0.225 e. The van der Waals surface area contributed by atoms with E-state index in [1.165, 1.54) is 12.8 Å².